The predicted octanol–water partition coefficient (Wildman–Crippen LogP) is 13.2. The number of thiophene rings is 2. The van der Waals surface area contributed by atoms with Crippen LogP contribution in [0.3, 0.4) is 0 Å². The number of ether oxygens (including phenoxy) is 1. The maximum Gasteiger partial charge on any atom is 0.338 e. The van der Waals surface area contributed by atoms with E-state index in [1.54, 1.807) is 0 Å². The van der Waals surface area contributed by atoms with Crippen LogP contribution in [0.4, 0.5) is 5.00 Å². The van der Waals surface area contributed by atoms with Gasteiger partial charge in [-0.25, -0.2) is 4.79 Å². The molecule has 0 aliphatic carbocycles. The molecule has 0 atom stereocenters. The number of carbonyl (C=O) groups excluding carboxylic acids is 1. The van der Waals surface area contributed by atoms with E-state index < -0.39 is 0 Å². The molecule has 0 fully saturated rings. The molecule has 3 nitrogen and oxygen atoms in total. The first-order chi connectivity index (χ1) is 22.1. The quantitative estimate of drug-likeness (QED) is 0.0629. The van der Waals surface area contributed by atoms with Crippen molar-refractivity contribution in [2.75, 3.05) is 25.1 Å². The molecule has 0 aliphatic rings. The fraction of sp³-hybridized carbons (Fsp3) is 0.525. The lowest BCUT2D eigenvalue weighted by Gasteiger charge is -2.16. The number of unbranched alkanes of at least 4 members (excludes halogenated alkanes) is 14. The average molecular weight is 646 g/mol. The largest absolute Gasteiger partial charge is 0.462 e. The first kappa shape index (κ1) is 35.2. The van der Waals surface area contributed by atoms with Gasteiger partial charge in [-0.2, -0.15) is 0 Å². The number of hydrogen-bond donors (Lipinski definition) is 0. The summed E-state index contributed by atoms with van der Waals surface area (Å²) in [4.78, 5) is 19.0. The van der Waals surface area contributed by atoms with Gasteiger partial charge in [-0.1, -0.05) is 122 Å². The van der Waals surface area contributed by atoms with Crippen LogP contribution in [0, 0.1) is 0 Å². The Bertz CT molecular complexity index is 1420. The van der Waals surface area contributed by atoms with Crippen molar-refractivity contribution in [2.24, 2.45) is 0 Å². The van der Waals surface area contributed by atoms with E-state index in [1.165, 1.54) is 115 Å². The smallest absolute Gasteiger partial charge is 0.338 e. The van der Waals surface area contributed by atoms with Gasteiger partial charge in [-0.05, 0) is 71.6 Å². The summed E-state index contributed by atoms with van der Waals surface area (Å²) in [5, 5.41) is 3.56. The average Bonchev–Trinajstić information content (AvgIpc) is 3.75. The number of hydrogen-bond acceptors (Lipinski definition) is 5. The molecular formula is C40H55NO2S2. The van der Waals surface area contributed by atoms with Crippen LogP contribution < -0.4 is 4.90 Å². The van der Waals surface area contributed by atoms with Crippen molar-refractivity contribution in [3.63, 3.8) is 0 Å². The molecule has 0 saturated carbocycles. The Morgan fingerprint density at radius 2 is 1.16 bits per heavy atom. The Kier molecular flexibility index (Phi) is 15.5. The highest BCUT2D eigenvalue weighted by Crippen LogP contribution is 2.40. The minimum atomic E-state index is -0.217. The van der Waals surface area contributed by atoms with E-state index >= 15 is 0 Å². The zero-order valence-corrected chi connectivity index (χ0v) is 29.7. The van der Waals surface area contributed by atoms with Crippen LogP contribution in [0.5, 0.6) is 0 Å². The van der Waals surface area contributed by atoms with Crippen molar-refractivity contribution in [3.8, 4) is 20.2 Å². The van der Waals surface area contributed by atoms with Crippen molar-refractivity contribution in [1.29, 1.82) is 0 Å². The maximum absolute atomic E-state index is 12.7. The second-order valence-corrected chi connectivity index (χ2v) is 14.7. The van der Waals surface area contributed by atoms with E-state index in [0.717, 1.165) is 30.2 Å². The third-order valence-electron chi connectivity index (χ3n) is 8.76. The second-order valence-electron chi connectivity index (χ2n) is 12.6. The van der Waals surface area contributed by atoms with Gasteiger partial charge in [0, 0.05) is 28.2 Å². The minimum absolute atomic E-state index is 0.217. The first-order valence-corrected chi connectivity index (χ1v) is 19.3. The zero-order valence-electron chi connectivity index (χ0n) is 28.1. The molecule has 244 valence electrons. The molecule has 0 amide bonds. The summed E-state index contributed by atoms with van der Waals surface area (Å²) < 4.78 is 5.58. The SMILES string of the molecule is CCCCCCCCCCOC(=O)c1ccc2cc(-c3ccc(-c4ccc(N(C)CCCCCCCCCC)s4)s3)ccc2c1. The van der Waals surface area contributed by atoms with Gasteiger partial charge in [-0.15, -0.1) is 22.7 Å². The lowest BCUT2D eigenvalue weighted by molar-refractivity contribution is 0.0498. The highest BCUT2D eigenvalue weighted by Gasteiger charge is 2.12. The van der Waals surface area contributed by atoms with Crippen molar-refractivity contribution < 1.29 is 9.53 Å². The van der Waals surface area contributed by atoms with Crippen molar-refractivity contribution >= 4 is 44.4 Å². The number of carbonyl (C=O) groups is 1. The van der Waals surface area contributed by atoms with Gasteiger partial charge < -0.3 is 9.64 Å². The standard InChI is InChI=1S/C40H55NO2S2/c1-4-6-8-10-12-14-16-18-28-41(3)39-27-26-38(45-39)37-25-24-36(44-37)34-22-20-33-31-35(23-21-32(33)30-34)40(42)43-29-19-17-15-13-11-9-7-5-2/h20-27,30-31H,4-19,28-29H2,1-3H3. The Morgan fingerprint density at radius 1 is 0.600 bits per heavy atom. The van der Waals surface area contributed by atoms with Crippen LogP contribution in [0.1, 0.15) is 127 Å². The topological polar surface area (TPSA) is 29.5 Å². The number of benzene rings is 2. The van der Waals surface area contributed by atoms with E-state index in [9.17, 15) is 4.79 Å². The molecule has 0 spiro atoms. The summed E-state index contributed by atoms with van der Waals surface area (Å²) in [7, 11) is 2.23. The fourth-order valence-corrected chi connectivity index (χ4v) is 7.98. The van der Waals surface area contributed by atoms with Gasteiger partial charge in [0.05, 0.1) is 17.2 Å². The predicted molar refractivity (Wildman–Crippen MR) is 199 cm³/mol. The molecule has 0 N–H and O–H groups in total. The number of rotatable bonds is 22. The van der Waals surface area contributed by atoms with E-state index in [4.69, 9.17) is 4.74 Å². The number of esters is 1. The number of fused-ring (bicyclic) bond motifs is 1. The third-order valence-corrected chi connectivity index (χ3v) is 11.3. The minimum Gasteiger partial charge on any atom is -0.462 e. The highest BCUT2D eigenvalue weighted by molar-refractivity contribution is 7.25. The Hall–Kier alpha value is -2.63. The van der Waals surface area contributed by atoms with Gasteiger partial charge in [0.2, 0.25) is 0 Å². The summed E-state index contributed by atoms with van der Waals surface area (Å²) in [6.45, 7) is 6.16. The van der Waals surface area contributed by atoms with Gasteiger partial charge in [-0.3, -0.25) is 0 Å². The molecule has 45 heavy (non-hydrogen) atoms. The number of nitrogens with zero attached hydrogens (tertiary/aromatic N) is 1. The van der Waals surface area contributed by atoms with Gasteiger partial charge in [0.1, 0.15) is 0 Å². The van der Waals surface area contributed by atoms with E-state index in [0.29, 0.717) is 12.2 Å². The molecule has 0 bridgehead atoms. The van der Waals surface area contributed by atoms with E-state index in [2.05, 4.69) is 68.3 Å². The first-order valence-electron chi connectivity index (χ1n) is 17.7. The molecule has 5 heteroatoms. The van der Waals surface area contributed by atoms with Gasteiger partial charge in [0.25, 0.3) is 0 Å². The van der Waals surface area contributed by atoms with Crippen molar-refractivity contribution in [3.05, 3.63) is 66.2 Å². The summed E-state index contributed by atoms with van der Waals surface area (Å²) >= 11 is 3.74. The zero-order chi connectivity index (χ0) is 31.7. The van der Waals surface area contributed by atoms with Gasteiger partial charge in [0.15, 0.2) is 0 Å². The summed E-state index contributed by atoms with van der Waals surface area (Å²) in [6, 6.07) is 21.5. The van der Waals surface area contributed by atoms with E-state index in [-0.39, 0.29) is 5.97 Å². The lowest BCUT2D eigenvalue weighted by atomic mass is 10.0. The molecule has 0 radical (unpaired) electrons. The molecule has 2 aromatic heterocycles. The van der Waals surface area contributed by atoms with Crippen LogP contribution in [-0.4, -0.2) is 26.2 Å². The van der Waals surface area contributed by atoms with Crippen LogP contribution in [0.2, 0.25) is 0 Å². The summed E-state index contributed by atoms with van der Waals surface area (Å²) in [5.74, 6) is -0.217. The molecule has 2 aromatic carbocycles. The molecule has 0 saturated heterocycles. The maximum atomic E-state index is 12.7. The Morgan fingerprint density at radius 3 is 1.87 bits per heavy atom. The monoisotopic (exact) mass is 645 g/mol. The second kappa shape index (κ2) is 19.8. The van der Waals surface area contributed by atoms with Crippen LogP contribution in [0.15, 0.2) is 60.7 Å². The van der Waals surface area contributed by atoms with Crippen molar-refractivity contribution in [1.82, 2.24) is 0 Å². The fourth-order valence-electron chi connectivity index (χ4n) is 5.89. The Balaban J connectivity index is 1.24. The van der Waals surface area contributed by atoms with Gasteiger partial charge >= 0.3 is 5.97 Å². The van der Waals surface area contributed by atoms with Crippen molar-refractivity contribution in [2.45, 2.75) is 117 Å². The molecule has 0 unspecified atom stereocenters. The molecule has 4 rings (SSSR count). The Labute approximate surface area is 281 Å². The third kappa shape index (κ3) is 11.6. The van der Waals surface area contributed by atoms with Crippen LogP contribution in [0.25, 0.3) is 31.0 Å². The molecule has 2 heterocycles. The lowest BCUT2D eigenvalue weighted by Crippen LogP contribution is -2.16. The van der Waals surface area contributed by atoms with Crippen LogP contribution in [-0.2, 0) is 4.74 Å². The highest BCUT2D eigenvalue weighted by atomic mass is 32.1. The molecule has 0 aliphatic heterocycles. The van der Waals surface area contributed by atoms with E-state index in [1.807, 2.05) is 40.9 Å². The molecular weight excluding hydrogens is 591 g/mol. The molecule has 4 aromatic rings. The summed E-state index contributed by atoms with van der Waals surface area (Å²) in [5.41, 5.74) is 1.85. The van der Waals surface area contributed by atoms with Crippen LogP contribution >= 0.6 is 22.7 Å². The normalized spacial score (nSPS) is 11.4. The summed E-state index contributed by atoms with van der Waals surface area (Å²) in [6.07, 6.45) is 20.8. The number of anilines is 1.